The molecule has 3 nitrogen and oxygen atoms in total. The molecule has 0 fully saturated rings. The number of ether oxygens (including phenoxy) is 1. The van der Waals surface area contributed by atoms with Crippen molar-refractivity contribution in [2.75, 3.05) is 0 Å². The minimum absolute atomic E-state index is 0.496. The van der Waals surface area contributed by atoms with E-state index in [4.69, 9.17) is 4.74 Å². The molecule has 1 aromatic carbocycles. The summed E-state index contributed by atoms with van der Waals surface area (Å²) in [5, 5.41) is 9.63. The van der Waals surface area contributed by atoms with E-state index in [0.29, 0.717) is 17.2 Å². The van der Waals surface area contributed by atoms with Gasteiger partial charge in [0, 0.05) is 11.8 Å². The van der Waals surface area contributed by atoms with Gasteiger partial charge in [0.05, 0.1) is 6.20 Å². The molecule has 0 saturated carbocycles. The molecule has 0 bridgehead atoms. The maximum absolute atomic E-state index is 9.63. The molecule has 2 aromatic rings. The second kappa shape index (κ2) is 6.64. The molecule has 1 N–H and O–H groups in total. The molecule has 1 heterocycles. The number of aromatic nitrogens is 1. The van der Waals surface area contributed by atoms with Crippen molar-refractivity contribution in [3.05, 3.63) is 53.9 Å². The van der Waals surface area contributed by atoms with Crippen LogP contribution in [0.4, 0.5) is 0 Å². The van der Waals surface area contributed by atoms with E-state index in [2.05, 4.69) is 42.8 Å². The Morgan fingerprint density at radius 1 is 1.09 bits per heavy atom. The smallest absolute Gasteiger partial charge is 0.146 e. The standard InChI is InChI=1S/C19H21NO2/c1-14(2)16-5-7-17(8-6-16)22-18-11-15(12-20-13-18)9-10-19(3,4)21/h5-8,11-14,21H,1-4H3. The molecule has 2 rings (SSSR count). The van der Waals surface area contributed by atoms with Gasteiger partial charge in [0.1, 0.15) is 17.1 Å². The monoisotopic (exact) mass is 295 g/mol. The summed E-state index contributed by atoms with van der Waals surface area (Å²) in [4.78, 5) is 4.12. The molecular formula is C19H21NO2. The Balaban J connectivity index is 2.14. The van der Waals surface area contributed by atoms with Crippen LogP contribution in [0.15, 0.2) is 42.7 Å². The zero-order chi connectivity index (χ0) is 16.2. The van der Waals surface area contributed by atoms with Crippen LogP contribution in [0.2, 0.25) is 0 Å². The van der Waals surface area contributed by atoms with E-state index in [0.717, 1.165) is 5.75 Å². The first-order chi connectivity index (χ1) is 10.3. The normalized spacial score (nSPS) is 11.0. The number of hydrogen-bond donors (Lipinski definition) is 1. The molecule has 0 unspecified atom stereocenters. The van der Waals surface area contributed by atoms with Gasteiger partial charge in [-0.2, -0.15) is 0 Å². The summed E-state index contributed by atoms with van der Waals surface area (Å²) in [5.41, 5.74) is 0.956. The SMILES string of the molecule is CC(C)c1ccc(Oc2cncc(C#CC(C)(C)O)c2)cc1. The zero-order valence-corrected chi connectivity index (χ0v) is 13.4. The Morgan fingerprint density at radius 3 is 2.36 bits per heavy atom. The largest absolute Gasteiger partial charge is 0.456 e. The van der Waals surface area contributed by atoms with Gasteiger partial charge in [-0.25, -0.2) is 0 Å². The van der Waals surface area contributed by atoms with Crippen molar-refractivity contribution in [3.63, 3.8) is 0 Å². The Kier molecular flexibility index (Phi) is 4.85. The van der Waals surface area contributed by atoms with Gasteiger partial charge in [-0.05, 0) is 43.5 Å². The van der Waals surface area contributed by atoms with Gasteiger partial charge < -0.3 is 9.84 Å². The Bertz CT molecular complexity index is 686. The third-order valence-corrected chi connectivity index (χ3v) is 3.01. The lowest BCUT2D eigenvalue weighted by Crippen LogP contribution is -2.14. The third-order valence-electron chi connectivity index (χ3n) is 3.01. The lowest BCUT2D eigenvalue weighted by Gasteiger charge is -2.09. The summed E-state index contributed by atoms with van der Waals surface area (Å²) in [7, 11) is 0. The number of aliphatic hydroxyl groups is 1. The molecule has 1 aromatic heterocycles. The van der Waals surface area contributed by atoms with Crippen molar-refractivity contribution >= 4 is 0 Å². The third kappa shape index (κ3) is 4.91. The molecule has 0 atom stereocenters. The first-order valence-electron chi connectivity index (χ1n) is 7.32. The molecule has 0 aliphatic rings. The van der Waals surface area contributed by atoms with Crippen LogP contribution in [0, 0.1) is 11.8 Å². The fourth-order valence-electron chi connectivity index (χ4n) is 1.82. The number of pyridine rings is 1. The average molecular weight is 295 g/mol. The molecule has 0 radical (unpaired) electrons. The highest BCUT2D eigenvalue weighted by atomic mass is 16.5. The lowest BCUT2D eigenvalue weighted by molar-refractivity contribution is 0.143. The summed E-state index contributed by atoms with van der Waals surface area (Å²) in [5.74, 6) is 7.54. The van der Waals surface area contributed by atoms with Crippen molar-refractivity contribution in [2.24, 2.45) is 0 Å². The summed E-state index contributed by atoms with van der Waals surface area (Å²) in [6.07, 6.45) is 3.29. The van der Waals surface area contributed by atoms with E-state index in [-0.39, 0.29) is 0 Å². The maximum atomic E-state index is 9.63. The molecule has 3 heteroatoms. The highest BCUT2D eigenvalue weighted by Gasteiger charge is 2.06. The van der Waals surface area contributed by atoms with E-state index >= 15 is 0 Å². The van der Waals surface area contributed by atoms with Crippen LogP contribution >= 0.6 is 0 Å². The molecule has 0 spiro atoms. The van der Waals surface area contributed by atoms with Gasteiger partial charge in [-0.15, -0.1) is 0 Å². The summed E-state index contributed by atoms with van der Waals surface area (Å²) in [6.45, 7) is 7.60. The van der Waals surface area contributed by atoms with Crippen LogP contribution in [-0.2, 0) is 0 Å². The first kappa shape index (κ1) is 16.1. The molecular weight excluding hydrogens is 274 g/mol. The summed E-state index contributed by atoms with van der Waals surface area (Å²) >= 11 is 0. The van der Waals surface area contributed by atoms with Crippen LogP contribution < -0.4 is 4.74 Å². The first-order valence-corrected chi connectivity index (χ1v) is 7.32. The van der Waals surface area contributed by atoms with Crippen LogP contribution in [0.5, 0.6) is 11.5 Å². The van der Waals surface area contributed by atoms with Gasteiger partial charge in [0.2, 0.25) is 0 Å². The highest BCUT2D eigenvalue weighted by molar-refractivity contribution is 5.40. The van der Waals surface area contributed by atoms with Crippen molar-refractivity contribution in [3.8, 4) is 23.3 Å². The van der Waals surface area contributed by atoms with Crippen molar-refractivity contribution < 1.29 is 9.84 Å². The molecule has 22 heavy (non-hydrogen) atoms. The van der Waals surface area contributed by atoms with E-state index < -0.39 is 5.60 Å². The van der Waals surface area contributed by atoms with E-state index in [9.17, 15) is 5.11 Å². The van der Waals surface area contributed by atoms with Gasteiger partial charge in [-0.1, -0.05) is 37.8 Å². The summed E-state index contributed by atoms with van der Waals surface area (Å²) in [6, 6.07) is 9.83. The highest BCUT2D eigenvalue weighted by Crippen LogP contribution is 2.23. The van der Waals surface area contributed by atoms with Crippen LogP contribution in [0.25, 0.3) is 0 Å². The Labute approximate surface area is 132 Å². The molecule has 0 aliphatic carbocycles. The minimum atomic E-state index is -1.02. The van der Waals surface area contributed by atoms with E-state index in [1.165, 1.54) is 5.56 Å². The summed E-state index contributed by atoms with van der Waals surface area (Å²) < 4.78 is 5.79. The maximum Gasteiger partial charge on any atom is 0.146 e. The van der Waals surface area contributed by atoms with Gasteiger partial charge in [-0.3, -0.25) is 4.98 Å². The second-order valence-electron chi connectivity index (χ2n) is 6.04. The second-order valence-corrected chi connectivity index (χ2v) is 6.04. The predicted octanol–water partition coefficient (Wildman–Crippen LogP) is 4.12. The topological polar surface area (TPSA) is 42.4 Å². The number of hydrogen-bond acceptors (Lipinski definition) is 3. The molecule has 0 amide bonds. The average Bonchev–Trinajstić information content (AvgIpc) is 2.45. The fourth-order valence-corrected chi connectivity index (χ4v) is 1.82. The quantitative estimate of drug-likeness (QED) is 0.866. The Hall–Kier alpha value is -2.31. The van der Waals surface area contributed by atoms with Crippen LogP contribution in [0.1, 0.15) is 44.7 Å². The zero-order valence-electron chi connectivity index (χ0n) is 13.4. The van der Waals surface area contributed by atoms with Gasteiger partial charge in [0.15, 0.2) is 0 Å². The van der Waals surface area contributed by atoms with Crippen molar-refractivity contribution in [1.29, 1.82) is 0 Å². The number of nitrogens with zero attached hydrogens (tertiary/aromatic N) is 1. The lowest BCUT2D eigenvalue weighted by atomic mass is 10.0. The Morgan fingerprint density at radius 2 is 1.77 bits per heavy atom. The number of benzene rings is 1. The van der Waals surface area contributed by atoms with Gasteiger partial charge in [0.25, 0.3) is 0 Å². The molecule has 0 saturated heterocycles. The molecule has 0 aliphatic heterocycles. The van der Waals surface area contributed by atoms with Gasteiger partial charge >= 0.3 is 0 Å². The fraction of sp³-hybridized carbons (Fsp3) is 0.316. The van der Waals surface area contributed by atoms with Crippen molar-refractivity contribution in [2.45, 2.75) is 39.2 Å². The predicted molar refractivity (Wildman–Crippen MR) is 88.0 cm³/mol. The van der Waals surface area contributed by atoms with Crippen LogP contribution in [-0.4, -0.2) is 15.7 Å². The number of rotatable bonds is 3. The van der Waals surface area contributed by atoms with E-state index in [1.54, 1.807) is 26.2 Å². The minimum Gasteiger partial charge on any atom is -0.456 e. The molecule has 114 valence electrons. The van der Waals surface area contributed by atoms with Crippen LogP contribution in [0.3, 0.4) is 0 Å². The van der Waals surface area contributed by atoms with Crippen molar-refractivity contribution in [1.82, 2.24) is 4.98 Å². The van der Waals surface area contributed by atoms with E-state index in [1.807, 2.05) is 18.2 Å².